The molecule has 0 saturated carbocycles. The molecule has 10 heteroatoms. The van der Waals surface area contributed by atoms with Crippen molar-refractivity contribution in [3.05, 3.63) is 34.5 Å². The summed E-state index contributed by atoms with van der Waals surface area (Å²) in [6.45, 7) is 0. The van der Waals surface area contributed by atoms with Gasteiger partial charge in [0.1, 0.15) is 16.7 Å². The number of oxime groups is 1. The Labute approximate surface area is 109 Å². The zero-order valence-corrected chi connectivity index (χ0v) is 9.82. The van der Waals surface area contributed by atoms with Crippen LogP contribution >= 0.6 is 11.6 Å². The van der Waals surface area contributed by atoms with Gasteiger partial charge in [-0.05, 0) is 22.4 Å². The van der Waals surface area contributed by atoms with E-state index in [4.69, 9.17) is 22.5 Å². The molecule has 0 spiro atoms. The largest absolute Gasteiger partial charge is 0.409 e. The Balaban J connectivity index is 2.33. The summed E-state index contributed by atoms with van der Waals surface area (Å²) in [5.74, 6) is -2.41. The van der Waals surface area contributed by atoms with E-state index in [9.17, 15) is 8.78 Å². The van der Waals surface area contributed by atoms with Crippen LogP contribution in [0.3, 0.4) is 0 Å². The molecule has 100 valence electrons. The zero-order valence-electron chi connectivity index (χ0n) is 9.06. The molecule has 0 fully saturated rings. The summed E-state index contributed by atoms with van der Waals surface area (Å²) in [6.07, 6.45) is 0. The molecule has 1 aromatic carbocycles. The summed E-state index contributed by atoms with van der Waals surface area (Å²) in [5, 5.41) is 20.1. The molecule has 0 unspecified atom stereocenters. The normalized spacial score (nSPS) is 11.6. The Morgan fingerprint density at radius 1 is 1.37 bits per heavy atom. The Kier molecular flexibility index (Phi) is 3.47. The Morgan fingerprint density at radius 3 is 2.47 bits per heavy atom. The minimum atomic E-state index is -0.979. The predicted octanol–water partition coefficient (Wildman–Crippen LogP) is 1.83. The monoisotopic (exact) mass is 289 g/mol. The minimum absolute atomic E-state index is 0.0606. The van der Waals surface area contributed by atoms with Crippen molar-refractivity contribution in [1.82, 2.24) is 10.3 Å². The number of amidine groups is 1. The fourth-order valence-corrected chi connectivity index (χ4v) is 1.36. The third kappa shape index (κ3) is 2.55. The zero-order chi connectivity index (χ0) is 14.0. The fourth-order valence-electron chi connectivity index (χ4n) is 1.26. The van der Waals surface area contributed by atoms with Gasteiger partial charge in [0.05, 0.1) is 0 Å². The van der Waals surface area contributed by atoms with Crippen molar-refractivity contribution in [2.24, 2.45) is 5.16 Å². The third-order valence-electron chi connectivity index (χ3n) is 2.08. The molecule has 4 N–H and O–H groups in total. The SMILES string of the molecule is Nc1nonc1/C(=N/O)Nc1cc(F)c(Cl)c(F)c1. The number of hydrogen-bond donors (Lipinski definition) is 3. The molecule has 0 aliphatic heterocycles. The maximum atomic E-state index is 13.2. The second kappa shape index (κ2) is 5.06. The molecule has 7 nitrogen and oxygen atoms in total. The van der Waals surface area contributed by atoms with Gasteiger partial charge in [0.25, 0.3) is 0 Å². The number of anilines is 2. The summed E-state index contributed by atoms with van der Waals surface area (Å²) in [6, 6.07) is 1.81. The van der Waals surface area contributed by atoms with Gasteiger partial charge in [0, 0.05) is 5.69 Å². The average Bonchev–Trinajstić information content (AvgIpc) is 2.79. The first-order chi connectivity index (χ1) is 9.02. The molecule has 2 aromatic rings. The summed E-state index contributed by atoms with van der Waals surface area (Å²) in [4.78, 5) is 0. The minimum Gasteiger partial charge on any atom is -0.409 e. The number of rotatable bonds is 2. The quantitative estimate of drug-likeness (QED) is 0.256. The molecule has 0 aliphatic rings. The molecule has 0 amide bonds. The first-order valence-electron chi connectivity index (χ1n) is 4.75. The standard InChI is InChI=1S/C9H6ClF2N5O2/c10-6-4(11)1-3(2-5(6)12)14-9(15-18)7-8(13)17-19-16-7/h1-2,18H,(H2,13,17)(H,14,15). The molecule has 1 aromatic heterocycles. The second-order valence-corrected chi connectivity index (χ2v) is 3.70. The summed E-state index contributed by atoms with van der Waals surface area (Å²) in [7, 11) is 0. The van der Waals surface area contributed by atoms with Crippen molar-refractivity contribution < 1.29 is 18.6 Å². The van der Waals surface area contributed by atoms with Crippen LogP contribution in [0.2, 0.25) is 5.02 Å². The third-order valence-corrected chi connectivity index (χ3v) is 2.45. The highest BCUT2D eigenvalue weighted by Crippen LogP contribution is 2.23. The number of halogens is 3. The molecule has 0 aliphatic carbocycles. The summed E-state index contributed by atoms with van der Waals surface area (Å²) >= 11 is 5.33. The van der Waals surface area contributed by atoms with Crippen molar-refractivity contribution in [3.8, 4) is 0 Å². The van der Waals surface area contributed by atoms with E-state index in [0.717, 1.165) is 12.1 Å². The van der Waals surface area contributed by atoms with Crippen LogP contribution < -0.4 is 11.1 Å². The second-order valence-electron chi connectivity index (χ2n) is 3.33. The molecule has 19 heavy (non-hydrogen) atoms. The van der Waals surface area contributed by atoms with Gasteiger partial charge >= 0.3 is 0 Å². The van der Waals surface area contributed by atoms with Crippen molar-refractivity contribution in [2.45, 2.75) is 0 Å². The van der Waals surface area contributed by atoms with E-state index in [2.05, 4.69) is 25.4 Å². The Bertz CT molecular complexity index is 622. The van der Waals surface area contributed by atoms with E-state index in [1.165, 1.54) is 0 Å². The van der Waals surface area contributed by atoms with Gasteiger partial charge in [-0.2, -0.15) is 0 Å². The highest BCUT2D eigenvalue weighted by atomic mass is 35.5. The van der Waals surface area contributed by atoms with Crippen LogP contribution in [-0.4, -0.2) is 21.4 Å². The number of nitrogens with zero attached hydrogens (tertiary/aromatic N) is 3. The Hall–Kier alpha value is -2.42. The summed E-state index contributed by atoms with van der Waals surface area (Å²) < 4.78 is 30.8. The molecule has 0 saturated heterocycles. The van der Waals surface area contributed by atoms with Crippen molar-refractivity contribution in [3.63, 3.8) is 0 Å². The van der Waals surface area contributed by atoms with Crippen LogP contribution in [0.25, 0.3) is 0 Å². The van der Waals surface area contributed by atoms with E-state index < -0.39 is 16.7 Å². The topological polar surface area (TPSA) is 110 Å². The van der Waals surface area contributed by atoms with Crippen LogP contribution in [-0.2, 0) is 0 Å². The number of nitrogens with two attached hydrogens (primary N) is 1. The van der Waals surface area contributed by atoms with Gasteiger partial charge < -0.3 is 16.3 Å². The van der Waals surface area contributed by atoms with E-state index in [0.29, 0.717) is 0 Å². The van der Waals surface area contributed by atoms with Gasteiger partial charge in [-0.15, -0.1) is 0 Å². The maximum Gasteiger partial charge on any atom is 0.203 e. The number of aromatic nitrogens is 2. The lowest BCUT2D eigenvalue weighted by Gasteiger charge is -2.07. The number of nitrogens with one attached hydrogen (secondary N) is 1. The Morgan fingerprint density at radius 2 is 2.00 bits per heavy atom. The molecular weight excluding hydrogens is 284 g/mol. The van der Waals surface area contributed by atoms with Crippen molar-refractivity contribution in [1.29, 1.82) is 0 Å². The summed E-state index contributed by atoms with van der Waals surface area (Å²) in [5.41, 5.74) is 5.21. The number of hydrogen-bond acceptors (Lipinski definition) is 6. The van der Waals surface area contributed by atoms with Gasteiger partial charge in [-0.25, -0.2) is 13.4 Å². The molecule has 1 heterocycles. The first-order valence-corrected chi connectivity index (χ1v) is 5.12. The molecular formula is C9H6ClF2N5O2. The van der Waals surface area contributed by atoms with Crippen molar-refractivity contribution in [2.75, 3.05) is 11.1 Å². The lowest BCUT2D eigenvalue weighted by Crippen LogP contribution is -2.16. The maximum absolute atomic E-state index is 13.2. The highest BCUT2D eigenvalue weighted by Gasteiger charge is 2.16. The lowest BCUT2D eigenvalue weighted by molar-refractivity contribution is 0.305. The number of benzene rings is 1. The molecule has 0 bridgehead atoms. The van der Waals surface area contributed by atoms with Crippen LogP contribution in [0.1, 0.15) is 5.69 Å². The first kappa shape index (κ1) is 13.0. The van der Waals surface area contributed by atoms with Crippen LogP contribution in [0, 0.1) is 11.6 Å². The predicted molar refractivity (Wildman–Crippen MR) is 62.0 cm³/mol. The van der Waals surface area contributed by atoms with Crippen LogP contribution in [0.4, 0.5) is 20.3 Å². The van der Waals surface area contributed by atoms with Gasteiger partial charge in [0.15, 0.2) is 11.5 Å². The smallest absolute Gasteiger partial charge is 0.203 e. The van der Waals surface area contributed by atoms with Crippen LogP contribution in [0.15, 0.2) is 21.9 Å². The van der Waals surface area contributed by atoms with Gasteiger partial charge in [0.2, 0.25) is 5.84 Å². The van der Waals surface area contributed by atoms with E-state index >= 15 is 0 Å². The van der Waals surface area contributed by atoms with Gasteiger partial charge in [-0.1, -0.05) is 16.8 Å². The molecule has 0 atom stereocenters. The van der Waals surface area contributed by atoms with E-state index in [1.54, 1.807) is 0 Å². The fraction of sp³-hybridized carbons (Fsp3) is 0. The van der Waals surface area contributed by atoms with Crippen LogP contribution in [0.5, 0.6) is 0 Å². The van der Waals surface area contributed by atoms with Crippen molar-refractivity contribution >= 4 is 28.9 Å². The van der Waals surface area contributed by atoms with E-state index in [-0.39, 0.29) is 23.0 Å². The number of nitrogen functional groups attached to an aromatic ring is 1. The van der Waals surface area contributed by atoms with E-state index in [1.807, 2.05) is 0 Å². The van der Waals surface area contributed by atoms with Gasteiger partial charge in [-0.3, -0.25) is 0 Å². The lowest BCUT2D eigenvalue weighted by atomic mass is 10.2. The highest BCUT2D eigenvalue weighted by molar-refractivity contribution is 6.31. The average molecular weight is 290 g/mol. The molecule has 2 rings (SSSR count). The molecule has 0 radical (unpaired) electrons.